The fourth-order valence-electron chi connectivity index (χ4n) is 4.65. The molecule has 1 N–H and O–H groups in total. The molecule has 1 fully saturated rings. The number of thiazole rings is 1. The monoisotopic (exact) mass is 539 g/mol. The van der Waals surface area contributed by atoms with Crippen molar-refractivity contribution in [1.29, 1.82) is 0 Å². The van der Waals surface area contributed by atoms with E-state index in [0.717, 1.165) is 41.6 Å². The van der Waals surface area contributed by atoms with E-state index in [4.69, 9.17) is 4.74 Å². The van der Waals surface area contributed by atoms with Crippen molar-refractivity contribution in [2.24, 2.45) is 0 Å². The highest BCUT2D eigenvalue weighted by atomic mass is 32.2. The number of fused-ring (bicyclic) bond motifs is 1. The van der Waals surface area contributed by atoms with Gasteiger partial charge in [-0.1, -0.05) is 24.7 Å². The number of aryl methyl sites for hydroxylation is 1. The van der Waals surface area contributed by atoms with Crippen molar-refractivity contribution in [3.63, 3.8) is 0 Å². The molecule has 1 saturated heterocycles. The standard InChI is InChI=1S/C26H29N5O4S2/c1-4-19-7-5-6-14-30(19)37(33,34)21-11-8-18(9-12-21)25(32)28-24-15-17(2)29-31(24)26-27-22-16-20(35-3)10-13-23(22)36-26/h8-13,15-16,19H,4-7,14H2,1-3H3,(H,28,32). The molecule has 3 heterocycles. The Morgan fingerprint density at radius 1 is 1.16 bits per heavy atom. The van der Waals surface area contributed by atoms with Crippen LogP contribution in [0, 0.1) is 6.92 Å². The van der Waals surface area contributed by atoms with Crippen molar-refractivity contribution in [3.8, 4) is 10.9 Å². The van der Waals surface area contributed by atoms with E-state index in [-0.39, 0.29) is 16.8 Å². The van der Waals surface area contributed by atoms with Gasteiger partial charge in [0.2, 0.25) is 15.2 Å². The van der Waals surface area contributed by atoms with E-state index in [1.165, 1.54) is 23.5 Å². The van der Waals surface area contributed by atoms with Crippen LogP contribution in [0.15, 0.2) is 53.4 Å². The first-order valence-corrected chi connectivity index (χ1v) is 14.5. The van der Waals surface area contributed by atoms with Crippen LogP contribution >= 0.6 is 11.3 Å². The number of benzene rings is 2. The summed E-state index contributed by atoms with van der Waals surface area (Å²) in [4.78, 5) is 17.9. The summed E-state index contributed by atoms with van der Waals surface area (Å²) < 4.78 is 36.0. The molecule has 4 aromatic rings. The number of methoxy groups -OCH3 is 1. The Bertz CT molecular complexity index is 1540. The molecule has 0 saturated carbocycles. The molecule has 1 aliphatic heterocycles. The van der Waals surface area contributed by atoms with Crippen molar-refractivity contribution in [1.82, 2.24) is 19.1 Å². The lowest BCUT2D eigenvalue weighted by Crippen LogP contribution is -2.43. The lowest BCUT2D eigenvalue weighted by Gasteiger charge is -2.34. The molecule has 37 heavy (non-hydrogen) atoms. The van der Waals surface area contributed by atoms with Gasteiger partial charge in [-0.25, -0.2) is 13.4 Å². The van der Waals surface area contributed by atoms with Gasteiger partial charge in [-0.3, -0.25) is 4.79 Å². The van der Waals surface area contributed by atoms with Crippen LogP contribution in [0.2, 0.25) is 0 Å². The van der Waals surface area contributed by atoms with Crippen LogP contribution in [0.4, 0.5) is 5.82 Å². The molecular formula is C26H29N5O4S2. The molecule has 5 rings (SSSR count). The van der Waals surface area contributed by atoms with Crippen LogP contribution in [0.25, 0.3) is 15.3 Å². The SMILES string of the molecule is CCC1CCCCN1S(=O)(=O)c1ccc(C(=O)Nc2cc(C)nn2-c2nc3cc(OC)ccc3s2)cc1. The number of hydrogen-bond donors (Lipinski definition) is 1. The second kappa shape index (κ2) is 10.2. The fraction of sp³-hybridized carbons (Fsp3) is 0.346. The molecule has 1 amide bonds. The summed E-state index contributed by atoms with van der Waals surface area (Å²) >= 11 is 1.45. The molecule has 0 radical (unpaired) electrons. The number of aromatic nitrogens is 3. The minimum absolute atomic E-state index is 0.0221. The molecule has 2 aromatic carbocycles. The van der Waals surface area contributed by atoms with E-state index in [2.05, 4.69) is 15.4 Å². The van der Waals surface area contributed by atoms with E-state index in [9.17, 15) is 13.2 Å². The molecule has 11 heteroatoms. The van der Waals surface area contributed by atoms with Gasteiger partial charge in [-0.2, -0.15) is 14.1 Å². The second-order valence-electron chi connectivity index (χ2n) is 9.06. The molecule has 1 atom stereocenters. The number of piperidine rings is 1. The largest absolute Gasteiger partial charge is 0.497 e. The molecule has 0 bridgehead atoms. The Morgan fingerprint density at radius 2 is 1.95 bits per heavy atom. The smallest absolute Gasteiger partial charge is 0.256 e. The van der Waals surface area contributed by atoms with Crippen molar-refractivity contribution < 1.29 is 17.9 Å². The molecule has 0 spiro atoms. The zero-order valence-corrected chi connectivity index (χ0v) is 22.6. The number of sulfonamides is 1. The summed E-state index contributed by atoms with van der Waals surface area (Å²) in [6, 6.07) is 13.6. The summed E-state index contributed by atoms with van der Waals surface area (Å²) in [7, 11) is -2.00. The van der Waals surface area contributed by atoms with Crippen LogP contribution in [0.3, 0.4) is 0 Å². The van der Waals surface area contributed by atoms with Crippen molar-refractivity contribution in [3.05, 3.63) is 59.8 Å². The number of hydrogen-bond acceptors (Lipinski definition) is 7. The number of amides is 1. The lowest BCUT2D eigenvalue weighted by atomic mass is 10.0. The van der Waals surface area contributed by atoms with E-state index in [0.29, 0.717) is 28.8 Å². The van der Waals surface area contributed by atoms with E-state index >= 15 is 0 Å². The molecule has 1 aliphatic rings. The van der Waals surface area contributed by atoms with Gasteiger partial charge in [0.15, 0.2) is 0 Å². The number of carbonyl (C=O) groups is 1. The van der Waals surface area contributed by atoms with Gasteiger partial charge in [-0.05, 0) is 62.6 Å². The van der Waals surface area contributed by atoms with Crippen molar-refractivity contribution in [2.75, 3.05) is 19.0 Å². The number of ether oxygens (including phenoxy) is 1. The summed E-state index contributed by atoms with van der Waals surface area (Å²) in [6.45, 7) is 4.39. The molecule has 2 aromatic heterocycles. The number of rotatable bonds is 7. The van der Waals surface area contributed by atoms with Crippen LogP contribution in [0.1, 0.15) is 48.7 Å². The number of anilines is 1. The topological polar surface area (TPSA) is 106 Å². The first-order valence-electron chi connectivity index (χ1n) is 12.2. The first kappa shape index (κ1) is 25.4. The first-order chi connectivity index (χ1) is 17.8. The molecule has 9 nitrogen and oxygen atoms in total. The number of carbonyl (C=O) groups excluding carboxylic acids is 1. The predicted molar refractivity (Wildman–Crippen MR) is 144 cm³/mol. The summed E-state index contributed by atoms with van der Waals surface area (Å²) in [6.07, 6.45) is 3.58. The number of nitrogens with zero attached hydrogens (tertiary/aromatic N) is 4. The van der Waals surface area contributed by atoms with Crippen LogP contribution < -0.4 is 10.1 Å². The Kier molecular flexibility index (Phi) is 7.02. The van der Waals surface area contributed by atoms with E-state index in [1.54, 1.807) is 34.3 Å². The third-order valence-corrected chi connectivity index (χ3v) is 9.58. The Labute approximate surface area is 220 Å². The lowest BCUT2D eigenvalue weighted by molar-refractivity contribution is 0.102. The zero-order chi connectivity index (χ0) is 26.2. The van der Waals surface area contributed by atoms with Gasteiger partial charge < -0.3 is 10.1 Å². The molecule has 194 valence electrons. The van der Waals surface area contributed by atoms with E-state index in [1.807, 2.05) is 32.0 Å². The highest BCUT2D eigenvalue weighted by Gasteiger charge is 2.32. The summed E-state index contributed by atoms with van der Waals surface area (Å²) in [5.74, 6) is 0.826. The molecule has 0 aliphatic carbocycles. The van der Waals surface area contributed by atoms with Crippen LogP contribution in [0.5, 0.6) is 5.75 Å². The minimum atomic E-state index is -3.61. The van der Waals surface area contributed by atoms with Crippen molar-refractivity contribution >= 4 is 43.3 Å². The summed E-state index contributed by atoms with van der Waals surface area (Å²) in [5, 5.41) is 8.02. The van der Waals surface area contributed by atoms with Crippen LogP contribution in [-0.4, -0.2) is 53.1 Å². The highest BCUT2D eigenvalue weighted by molar-refractivity contribution is 7.89. The highest BCUT2D eigenvalue weighted by Crippen LogP contribution is 2.30. The normalized spacial score (nSPS) is 16.7. The summed E-state index contributed by atoms with van der Waals surface area (Å²) in [5.41, 5.74) is 1.85. The zero-order valence-electron chi connectivity index (χ0n) is 21.0. The Morgan fingerprint density at radius 3 is 2.68 bits per heavy atom. The Hall–Kier alpha value is -3.28. The molecule has 1 unspecified atom stereocenters. The van der Waals surface area contributed by atoms with Gasteiger partial charge in [0.25, 0.3) is 5.91 Å². The third kappa shape index (κ3) is 4.98. The van der Waals surface area contributed by atoms with E-state index < -0.39 is 10.0 Å². The third-order valence-electron chi connectivity index (χ3n) is 6.61. The van der Waals surface area contributed by atoms with Gasteiger partial charge in [-0.15, -0.1) is 0 Å². The number of nitrogens with one attached hydrogen (secondary N) is 1. The van der Waals surface area contributed by atoms with Gasteiger partial charge in [0, 0.05) is 30.3 Å². The quantitative estimate of drug-likeness (QED) is 0.354. The predicted octanol–water partition coefficient (Wildman–Crippen LogP) is 5.00. The van der Waals surface area contributed by atoms with Gasteiger partial charge in [0.1, 0.15) is 11.6 Å². The second-order valence-corrected chi connectivity index (χ2v) is 12.0. The maximum atomic E-state index is 13.2. The van der Waals surface area contributed by atoms with Crippen LogP contribution in [-0.2, 0) is 10.0 Å². The van der Waals surface area contributed by atoms with Gasteiger partial charge >= 0.3 is 0 Å². The Balaban J connectivity index is 1.37. The maximum Gasteiger partial charge on any atom is 0.256 e. The van der Waals surface area contributed by atoms with Crippen molar-refractivity contribution in [2.45, 2.75) is 50.5 Å². The minimum Gasteiger partial charge on any atom is -0.497 e. The average Bonchev–Trinajstić information content (AvgIpc) is 3.50. The van der Waals surface area contributed by atoms with Gasteiger partial charge in [0.05, 0.1) is 27.9 Å². The fourth-order valence-corrected chi connectivity index (χ4v) is 7.33. The molecular weight excluding hydrogens is 510 g/mol. The maximum absolute atomic E-state index is 13.2. The average molecular weight is 540 g/mol.